The maximum absolute atomic E-state index is 10.2. The highest BCUT2D eigenvalue weighted by Gasteiger charge is 2.18. The number of hydrogen-bond donors (Lipinski definition) is 1. The molecule has 0 amide bonds. The topological polar surface area (TPSA) is 49.3 Å². The summed E-state index contributed by atoms with van der Waals surface area (Å²) in [5.41, 5.74) is 3.42. The first-order valence-corrected chi connectivity index (χ1v) is 8.29. The van der Waals surface area contributed by atoms with Crippen LogP contribution in [-0.2, 0) is 0 Å². The molecule has 0 saturated carbocycles. The third-order valence-electron chi connectivity index (χ3n) is 4.35. The average Bonchev–Trinajstić information content (AvgIpc) is 3.17. The molecule has 3 aromatic rings. The van der Waals surface area contributed by atoms with E-state index in [0.29, 0.717) is 0 Å². The van der Waals surface area contributed by atoms with E-state index in [-0.39, 0.29) is 5.75 Å². The van der Waals surface area contributed by atoms with Crippen LogP contribution in [0.4, 0.5) is 5.95 Å². The van der Waals surface area contributed by atoms with E-state index >= 15 is 0 Å². The van der Waals surface area contributed by atoms with Crippen LogP contribution < -0.4 is 4.90 Å². The largest absolute Gasteiger partial charge is 0.507 e. The Kier molecular flexibility index (Phi) is 3.87. The van der Waals surface area contributed by atoms with Gasteiger partial charge in [-0.2, -0.15) is 0 Å². The maximum Gasteiger partial charge on any atom is 0.226 e. The lowest BCUT2D eigenvalue weighted by Crippen LogP contribution is -2.20. The van der Waals surface area contributed by atoms with Crippen molar-refractivity contribution in [2.75, 3.05) is 18.0 Å². The molecule has 0 radical (unpaired) electrons. The third kappa shape index (κ3) is 2.83. The summed E-state index contributed by atoms with van der Waals surface area (Å²) >= 11 is 0. The van der Waals surface area contributed by atoms with E-state index in [9.17, 15) is 5.11 Å². The van der Waals surface area contributed by atoms with Crippen molar-refractivity contribution in [2.45, 2.75) is 12.8 Å². The highest BCUT2D eigenvalue weighted by atomic mass is 16.3. The number of nitrogens with zero attached hydrogens (tertiary/aromatic N) is 3. The van der Waals surface area contributed by atoms with Gasteiger partial charge >= 0.3 is 0 Å². The Morgan fingerprint density at radius 3 is 2.21 bits per heavy atom. The lowest BCUT2D eigenvalue weighted by Gasteiger charge is -2.17. The molecule has 0 spiro atoms. The first-order chi connectivity index (χ1) is 11.8. The second kappa shape index (κ2) is 6.32. The Hall–Kier alpha value is -2.88. The molecule has 0 bridgehead atoms. The van der Waals surface area contributed by atoms with Gasteiger partial charge in [-0.25, -0.2) is 9.97 Å². The highest BCUT2D eigenvalue weighted by molar-refractivity contribution is 5.73. The summed E-state index contributed by atoms with van der Waals surface area (Å²) in [5, 5.41) is 10.2. The van der Waals surface area contributed by atoms with Gasteiger partial charge in [0.25, 0.3) is 0 Å². The van der Waals surface area contributed by atoms with Gasteiger partial charge in [-0.15, -0.1) is 0 Å². The SMILES string of the molecule is Oc1ccccc1-c1cc(-c2ccccc2)nc(N2CCCC2)n1. The number of para-hydroxylation sites is 1. The molecule has 0 atom stereocenters. The minimum Gasteiger partial charge on any atom is -0.507 e. The summed E-state index contributed by atoms with van der Waals surface area (Å²) in [6, 6.07) is 19.4. The van der Waals surface area contributed by atoms with E-state index in [1.807, 2.05) is 54.6 Å². The van der Waals surface area contributed by atoms with Gasteiger partial charge in [0, 0.05) is 24.2 Å². The van der Waals surface area contributed by atoms with Crippen molar-refractivity contribution < 1.29 is 5.11 Å². The number of aromatic hydroxyl groups is 1. The van der Waals surface area contributed by atoms with Gasteiger partial charge in [0.15, 0.2) is 0 Å². The zero-order chi connectivity index (χ0) is 16.4. The number of phenols is 1. The molecule has 24 heavy (non-hydrogen) atoms. The summed E-state index contributed by atoms with van der Waals surface area (Å²) in [6.07, 6.45) is 2.34. The summed E-state index contributed by atoms with van der Waals surface area (Å²) in [6.45, 7) is 1.97. The van der Waals surface area contributed by atoms with Crippen molar-refractivity contribution in [2.24, 2.45) is 0 Å². The van der Waals surface area contributed by atoms with Crippen molar-refractivity contribution in [1.82, 2.24) is 9.97 Å². The number of benzene rings is 2. The molecular weight excluding hydrogens is 298 g/mol. The molecule has 1 fully saturated rings. The van der Waals surface area contributed by atoms with E-state index in [4.69, 9.17) is 9.97 Å². The fourth-order valence-electron chi connectivity index (χ4n) is 3.08. The Morgan fingerprint density at radius 2 is 1.46 bits per heavy atom. The molecular formula is C20H19N3O. The summed E-state index contributed by atoms with van der Waals surface area (Å²) in [7, 11) is 0. The van der Waals surface area contributed by atoms with Crippen molar-refractivity contribution in [3.8, 4) is 28.3 Å². The van der Waals surface area contributed by atoms with Crippen LogP contribution in [0.25, 0.3) is 22.5 Å². The average molecular weight is 317 g/mol. The van der Waals surface area contributed by atoms with Gasteiger partial charge in [0.1, 0.15) is 5.75 Å². The molecule has 120 valence electrons. The lowest BCUT2D eigenvalue weighted by molar-refractivity contribution is 0.477. The third-order valence-corrected chi connectivity index (χ3v) is 4.35. The number of hydrogen-bond acceptors (Lipinski definition) is 4. The molecule has 4 heteroatoms. The fraction of sp³-hybridized carbons (Fsp3) is 0.200. The Balaban J connectivity index is 1.87. The zero-order valence-corrected chi connectivity index (χ0v) is 13.4. The van der Waals surface area contributed by atoms with E-state index in [1.54, 1.807) is 6.07 Å². The van der Waals surface area contributed by atoms with Crippen LogP contribution in [-0.4, -0.2) is 28.2 Å². The van der Waals surface area contributed by atoms with Crippen LogP contribution in [0.1, 0.15) is 12.8 Å². The standard InChI is InChI=1S/C20H19N3O/c24-19-11-5-4-10-16(19)18-14-17(15-8-2-1-3-9-15)21-20(22-18)23-12-6-7-13-23/h1-5,8-11,14,24H,6-7,12-13H2. The second-order valence-electron chi connectivity index (χ2n) is 6.02. The van der Waals surface area contributed by atoms with Gasteiger partial charge in [-0.05, 0) is 31.0 Å². The Bertz CT molecular complexity index is 843. The van der Waals surface area contributed by atoms with E-state index in [2.05, 4.69) is 4.90 Å². The van der Waals surface area contributed by atoms with Crippen LogP contribution >= 0.6 is 0 Å². The van der Waals surface area contributed by atoms with Gasteiger partial charge < -0.3 is 10.0 Å². The van der Waals surface area contributed by atoms with E-state index in [1.165, 1.54) is 12.8 Å². The maximum atomic E-state index is 10.2. The highest BCUT2D eigenvalue weighted by Crippen LogP contribution is 2.31. The molecule has 0 unspecified atom stereocenters. The van der Waals surface area contributed by atoms with E-state index < -0.39 is 0 Å². The molecule has 1 aliphatic rings. The first-order valence-electron chi connectivity index (χ1n) is 8.29. The van der Waals surface area contributed by atoms with E-state index in [0.717, 1.165) is 41.6 Å². The van der Waals surface area contributed by atoms with Crippen LogP contribution in [0.3, 0.4) is 0 Å². The molecule has 1 aromatic heterocycles. The molecule has 2 aromatic carbocycles. The smallest absolute Gasteiger partial charge is 0.226 e. The first kappa shape index (κ1) is 14.7. The summed E-state index contributed by atoms with van der Waals surface area (Å²) in [4.78, 5) is 11.7. The molecule has 4 rings (SSSR count). The fourth-order valence-corrected chi connectivity index (χ4v) is 3.08. The van der Waals surface area contributed by atoms with Crippen LogP contribution in [0.5, 0.6) is 5.75 Å². The number of aromatic nitrogens is 2. The van der Waals surface area contributed by atoms with Gasteiger partial charge in [-0.3, -0.25) is 0 Å². The van der Waals surface area contributed by atoms with Gasteiger partial charge in [-0.1, -0.05) is 42.5 Å². The minimum atomic E-state index is 0.239. The van der Waals surface area contributed by atoms with Crippen LogP contribution in [0, 0.1) is 0 Å². The van der Waals surface area contributed by atoms with Crippen molar-refractivity contribution in [3.63, 3.8) is 0 Å². The molecule has 2 heterocycles. The normalized spacial score (nSPS) is 14.1. The lowest BCUT2D eigenvalue weighted by atomic mass is 10.1. The summed E-state index contributed by atoms with van der Waals surface area (Å²) < 4.78 is 0. The minimum absolute atomic E-state index is 0.239. The van der Waals surface area contributed by atoms with Gasteiger partial charge in [0.05, 0.1) is 11.4 Å². The molecule has 1 N–H and O–H groups in total. The van der Waals surface area contributed by atoms with Crippen LogP contribution in [0.15, 0.2) is 60.7 Å². The zero-order valence-electron chi connectivity index (χ0n) is 13.4. The predicted molar refractivity (Wildman–Crippen MR) is 96.0 cm³/mol. The number of rotatable bonds is 3. The number of anilines is 1. The predicted octanol–water partition coefficient (Wildman–Crippen LogP) is 4.12. The van der Waals surface area contributed by atoms with Crippen molar-refractivity contribution in [3.05, 3.63) is 60.7 Å². The van der Waals surface area contributed by atoms with Gasteiger partial charge in [0.2, 0.25) is 5.95 Å². The summed E-state index contributed by atoms with van der Waals surface area (Å²) in [5.74, 6) is 0.981. The number of phenolic OH excluding ortho intramolecular Hbond substituents is 1. The Labute approximate surface area is 141 Å². The molecule has 0 aliphatic carbocycles. The quantitative estimate of drug-likeness (QED) is 0.789. The van der Waals surface area contributed by atoms with Crippen LogP contribution in [0.2, 0.25) is 0 Å². The van der Waals surface area contributed by atoms with Crippen molar-refractivity contribution >= 4 is 5.95 Å². The molecule has 4 nitrogen and oxygen atoms in total. The molecule has 1 aliphatic heterocycles. The second-order valence-corrected chi connectivity index (χ2v) is 6.02. The Morgan fingerprint density at radius 1 is 0.792 bits per heavy atom. The monoisotopic (exact) mass is 317 g/mol. The van der Waals surface area contributed by atoms with Crippen molar-refractivity contribution in [1.29, 1.82) is 0 Å². The molecule has 1 saturated heterocycles.